The van der Waals surface area contributed by atoms with Crippen molar-refractivity contribution in [2.45, 2.75) is 25.4 Å². The van der Waals surface area contributed by atoms with Crippen LogP contribution < -0.4 is 16.0 Å². The molecular weight excluding hydrogens is 444 g/mol. The molecule has 1 aliphatic rings. The van der Waals surface area contributed by atoms with E-state index in [0.29, 0.717) is 24.2 Å². The summed E-state index contributed by atoms with van der Waals surface area (Å²) in [4.78, 5) is 52.4. The molecule has 1 atom stereocenters. The van der Waals surface area contributed by atoms with Crippen LogP contribution in [0.4, 0.5) is 10.5 Å². The number of amides is 5. The van der Waals surface area contributed by atoms with Gasteiger partial charge in [0, 0.05) is 6.54 Å². The molecule has 0 radical (unpaired) electrons. The Hall–Kier alpha value is -4.46. The van der Waals surface area contributed by atoms with Gasteiger partial charge in [-0.15, -0.1) is 0 Å². The first-order chi connectivity index (χ1) is 16.9. The van der Waals surface area contributed by atoms with Crippen molar-refractivity contribution in [3.63, 3.8) is 0 Å². The van der Waals surface area contributed by atoms with Crippen LogP contribution in [0, 0.1) is 0 Å². The van der Waals surface area contributed by atoms with Gasteiger partial charge < -0.3 is 16.0 Å². The largest absolute Gasteiger partial charge is 0.348 e. The van der Waals surface area contributed by atoms with Crippen LogP contribution in [0.5, 0.6) is 0 Å². The first-order valence-corrected chi connectivity index (χ1v) is 11.3. The summed E-state index contributed by atoms with van der Waals surface area (Å²) in [6.45, 7) is 1.67. The smallest absolute Gasteiger partial charge is 0.325 e. The van der Waals surface area contributed by atoms with Crippen LogP contribution >= 0.6 is 0 Å². The first-order valence-electron chi connectivity index (χ1n) is 11.3. The zero-order valence-corrected chi connectivity index (χ0v) is 19.3. The van der Waals surface area contributed by atoms with Crippen molar-refractivity contribution >= 4 is 29.4 Å². The first kappa shape index (κ1) is 23.7. The number of nitrogens with zero attached hydrogens (tertiary/aromatic N) is 1. The van der Waals surface area contributed by atoms with Gasteiger partial charge in [0.25, 0.3) is 11.8 Å². The SMILES string of the molecule is CC[C@@]1(c2ccccc2)NC(=O)N(CC(=O)Nc2ccccc2C(=O)NCc2ccccc2)C1=O. The number of rotatable bonds is 8. The molecule has 3 N–H and O–H groups in total. The van der Waals surface area contributed by atoms with E-state index in [1.165, 1.54) is 0 Å². The van der Waals surface area contributed by atoms with Gasteiger partial charge in [0.1, 0.15) is 12.1 Å². The third-order valence-electron chi connectivity index (χ3n) is 6.02. The highest BCUT2D eigenvalue weighted by Gasteiger charge is 2.51. The van der Waals surface area contributed by atoms with E-state index in [2.05, 4.69) is 16.0 Å². The monoisotopic (exact) mass is 470 g/mol. The Kier molecular flexibility index (Phi) is 6.91. The van der Waals surface area contributed by atoms with E-state index in [1.807, 2.05) is 36.4 Å². The van der Waals surface area contributed by atoms with Crippen LogP contribution in [-0.2, 0) is 21.7 Å². The number of nitrogens with one attached hydrogen (secondary N) is 3. The maximum atomic E-state index is 13.3. The number of carbonyl (C=O) groups is 4. The van der Waals surface area contributed by atoms with Crippen LogP contribution in [-0.4, -0.2) is 35.2 Å². The molecular formula is C27H26N4O4. The van der Waals surface area contributed by atoms with Crippen LogP contribution in [0.2, 0.25) is 0 Å². The van der Waals surface area contributed by atoms with Crippen molar-refractivity contribution in [2.75, 3.05) is 11.9 Å². The van der Waals surface area contributed by atoms with Crippen molar-refractivity contribution in [1.29, 1.82) is 0 Å². The number of urea groups is 1. The Balaban J connectivity index is 1.45. The standard InChI is InChI=1S/C27H26N4O4/c1-2-27(20-13-7-4-8-14-20)25(34)31(26(35)30-27)18-23(32)29-22-16-10-9-15-21(22)24(33)28-17-19-11-5-3-6-12-19/h3-16H,2,17-18H2,1H3,(H,28,33)(H,29,32)(H,30,35)/t27-/m0/s1. The maximum Gasteiger partial charge on any atom is 0.325 e. The van der Waals surface area contributed by atoms with Gasteiger partial charge in [0.05, 0.1) is 11.3 Å². The number of hydrogen-bond acceptors (Lipinski definition) is 4. The molecule has 35 heavy (non-hydrogen) atoms. The third kappa shape index (κ3) is 4.91. The van der Waals surface area contributed by atoms with Crippen molar-refractivity contribution in [3.05, 3.63) is 102 Å². The zero-order valence-electron chi connectivity index (χ0n) is 19.3. The Bertz CT molecular complexity index is 1250. The Morgan fingerprint density at radius 2 is 1.51 bits per heavy atom. The highest BCUT2D eigenvalue weighted by Crippen LogP contribution is 2.32. The normalized spacial score (nSPS) is 17.1. The molecule has 0 spiro atoms. The quantitative estimate of drug-likeness (QED) is 0.439. The zero-order chi connectivity index (χ0) is 24.8. The molecule has 1 fully saturated rings. The van der Waals surface area contributed by atoms with E-state index in [4.69, 9.17) is 0 Å². The third-order valence-corrected chi connectivity index (χ3v) is 6.02. The minimum atomic E-state index is -1.21. The van der Waals surface area contributed by atoms with Crippen molar-refractivity contribution in [3.8, 4) is 0 Å². The molecule has 8 heteroatoms. The van der Waals surface area contributed by atoms with Crippen LogP contribution in [0.3, 0.4) is 0 Å². The van der Waals surface area contributed by atoms with E-state index in [1.54, 1.807) is 55.5 Å². The van der Waals surface area contributed by atoms with E-state index in [0.717, 1.165) is 10.5 Å². The summed E-state index contributed by atoms with van der Waals surface area (Å²) in [6.07, 6.45) is 0.337. The summed E-state index contributed by atoms with van der Waals surface area (Å²) >= 11 is 0. The summed E-state index contributed by atoms with van der Waals surface area (Å²) in [5.41, 5.74) is 0.956. The minimum Gasteiger partial charge on any atom is -0.348 e. The number of benzene rings is 3. The summed E-state index contributed by atoms with van der Waals surface area (Å²) < 4.78 is 0. The lowest BCUT2D eigenvalue weighted by Crippen LogP contribution is -2.44. The molecule has 3 aromatic carbocycles. The topological polar surface area (TPSA) is 108 Å². The number of anilines is 1. The maximum absolute atomic E-state index is 13.3. The fourth-order valence-electron chi connectivity index (χ4n) is 4.13. The van der Waals surface area contributed by atoms with Crippen LogP contribution in [0.15, 0.2) is 84.9 Å². The summed E-state index contributed by atoms with van der Waals surface area (Å²) in [5.74, 6) is -1.43. The van der Waals surface area contributed by atoms with Crippen LogP contribution in [0.25, 0.3) is 0 Å². The fourth-order valence-corrected chi connectivity index (χ4v) is 4.13. The second-order valence-electron chi connectivity index (χ2n) is 8.21. The summed E-state index contributed by atoms with van der Waals surface area (Å²) in [5, 5.41) is 8.26. The van der Waals surface area contributed by atoms with Crippen molar-refractivity contribution in [1.82, 2.24) is 15.5 Å². The second-order valence-corrected chi connectivity index (χ2v) is 8.21. The number of para-hydroxylation sites is 1. The molecule has 178 valence electrons. The fraction of sp³-hybridized carbons (Fsp3) is 0.185. The second kappa shape index (κ2) is 10.2. The number of carbonyl (C=O) groups excluding carboxylic acids is 4. The Morgan fingerprint density at radius 3 is 2.20 bits per heavy atom. The summed E-state index contributed by atoms with van der Waals surface area (Å²) in [6, 6.07) is 24.4. The molecule has 0 unspecified atom stereocenters. The molecule has 0 aromatic heterocycles. The predicted octanol–water partition coefficient (Wildman–Crippen LogP) is 3.41. The number of imide groups is 1. The average molecular weight is 471 g/mol. The van der Waals surface area contributed by atoms with Gasteiger partial charge in [-0.2, -0.15) is 0 Å². The van der Waals surface area contributed by atoms with Gasteiger partial charge in [0.2, 0.25) is 5.91 Å². The van der Waals surface area contributed by atoms with Gasteiger partial charge in [-0.3, -0.25) is 19.3 Å². The van der Waals surface area contributed by atoms with Gasteiger partial charge in [-0.05, 0) is 29.7 Å². The van der Waals surface area contributed by atoms with Gasteiger partial charge >= 0.3 is 6.03 Å². The minimum absolute atomic E-state index is 0.279. The van der Waals surface area contributed by atoms with Gasteiger partial charge in [-0.25, -0.2) is 4.79 Å². The highest BCUT2D eigenvalue weighted by atomic mass is 16.2. The molecule has 1 saturated heterocycles. The molecule has 0 saturated carbocycles. The number of hydrogen-bond donors (Lipinski definition) is 3. The molecule has 1 aliphatic heterocycles. The van der Waals surface area contributed by atoms with Crippen LogP contribution in [0.1, 0.15) is 34.8 Å². The molecule has 1 heterocycles. The van der Waals surface area contributed by atoms with E-state index < -0.39 is 29.9 Å². The average Bonchev–Trinajstić information content (AvgIpc) is 3.14. The molecule has 3 aromatic rings. The molecule has 0 aliphatic carbocycles. The van der Waals surface area contributed by atoms with E-state index in [-0.39, 0.29) is 11.5 Å². The molecule has 0 bridgehead atoms. The Morgan fingerprint density at radius 1 is 0.886 bits per heavy atom. The van der Waals surface area contributed by atoms with Gasteiger partial charge in [-0.1, -0.05) is 79.7 Å². The lowest BCUT2D eigenvalue weighted by Gasteiger charge is -2.25. The molecule has 4 rings (SSSR count). The van der Waals surface area contributed by atoms with E-state index >= 15 is 0 Å². The summed E-state index contributed by atoms with van der Waals surface area (Å²) in [7, 11) is 0. The lowest BCUT2D eigenvalue weighted by atomic mass is 9.87. The van der Waals surface area contributed by atoms with Crippen molar-refractivity contribution < 1.29 is 19.2 Å². The molecule has 5 amide bonds. The Labute approximate surface area is 203 Å². The van der Waals surface area contributed by atoms with E-state index in [9.17, 15) is 19.2 Å². The predicted molar refractivity (Wildman–Crippen MR) is 131 cm³/mol. The highest BCUT2D eigenvalue weighted by molar-refractivity contribution is 6.11. The molecule has 8 nitrogen and oxygen atoms in total. The van der Waals surface area contributed by atoms with Gasteiger partial charge in [0.15, 0.2) is 0 Å². The lowest BCUT2D eigenvalue weighted by molar-refractivity contribution is -0.134. The van der Waals surface area contributed by atoms with Crippen molar-refractivity contribution in [2.24, 2.45) is 0 Å².